The Bertz CT molecular complexity index is 785. The maximum atomic E-state index is 12.3. The van der Waals surface area contributed by atoms with Crippen LogP contribution in [0.1, 0.15) is 12.5 Å². The summed E-state index contributed by atoms with van der Waals surface area (Å²) in [6.45, 7) is 2.99. The van der Waals surface area contributed by atoms with Gasteiger partial charge < -0.3 is 15.0 Å². The molecule has 7 heteroatoms. The molecule has 0 aromatic heterocycles. The van der Waals surface area contributed by atoms with Gasteiger partial charge in [-0.1, -0.05) is 40.2 Å². The van der Waals surface area contributed by atoms with Crippen molar-refractivity contribution in [2.45, 2.75) is 13.5 Å². The van der Waals surface area contributed by atoms with Crippen LogP contribution in [0.25, 0.3) is 0 Å². The molecule has 1 N–H and O–H groups in total. The van der Waals surface area contributed by atoms with E-state index in [1.54, 1.807) is 11.9 Å². The highest BCUT2D eigenvalue weighted by molar-refractivity contribution is 9.10. The number of hydrogen-bond donors (Lipinski definition) is 1. The third-order valence-corrected chi connectivity index (χ3v) is 5.08. The highest BCUT2D eigenvalue weighted by Crippen LogP contribution is 2.20. The topological polar surface area (TPSA) is 58.6 Å². The molecule has 0 spiro atoms. The number of nitrogens with one attached hydrogen (secondary N) is 1. The fourth-order valence-electron chi connectivity index (χ4n) is 2.38. The van der Waals surface area contributed by atoms with E-state index in [1.165, 1.54) is 11.8 Å². The van der Waals surface area contributed by atoms with E-state index in [4.69, 9.17) is 4.74 Å². The number of carbonyl (C=O) groups excluding carboxylic acids is 2. The van der Waals surface area contributed by atoms with Crippen LogP contribution < -0.4 is 10.1 Å². The molecule has 2 aromatic carbocycles. The van der Waals surface area contributed by atoms with Crippen molar-refractivity contribution in [1.29, 1.82) is 0 Å². The molecule has 27 heavy (non-hydrogen) atoms. The third kappa shape index (κ3) is 7.27. The van der Waals surface area contributed by atoms with Gasteiger partial charge in [0.2, 0.25) is 11.8 Å². The number of para-hydroxylation sites is 1. The molecule has 2 amide bonds. The second-order valence-electron chi connectivity index (χ2n) is 5.84. The Morgan fingerprint density at radius 2 is 1.93 bits per heavy atom. The number of hydrogen-bond acceptors (Lipinski definition) is 4. The van der Waals surface area contributed by atoms with Gasteiger partial charge in [-0.25, -0.2) is 0 Å². The molecule has 0 aliphatic heterocycles. The SMILES string of the molecule is CCOc1ccccc1CN(C)C(=O)CSCC(=O)Nc1cccc(Br)c1. The molecule has 2 rings (SSSR count). The zero-order chi connectivity index (χ0) is 19.6. The number of rotatable bonds is 9. The highest BCUT2D eigenvalue weighted by Gasteiger charge is 2.13. The summed E-state index contributed by atoms with van der Waals surface area (Å²) in [5.41, 5.74) is 1.69. The van der Waals surface area contributed by atoms with Crippen molar-refractivity contribution in [2.24, 2.45) is 0 Å². The molecular formula is C20H23BrN2O3S. The molecular weight excluding hydrogens is 428 g/mol. The van der Waals surface area contributed by atoms with Crippen LogP contribution in [-0.2, 0) is 16.1 Å². The molecule has 2 aromatic rings. The van der Waals surface area contributed by atoms with E-state index in [1.807, 2.05) is 55.5 Å². The predicted octanol–water partition coefficient (Wildman–Crippen LogP) is 4.18. The Balaban J connectivity index is 1.77. The lowest BCUT2D eigenvalue weighted by Gasteiger charge is -2.19. The van der Waals surface area contributed by atoms with Gasteiger partial charge in [-0.2, -0.15) is 0 Å². The number of amides is 2. The van der Waals surface area contributed by atoms with Gasteiger partial charge in [0, 0.05) is 29.3 Å². The standard InChI is InChI=1S/C20H23BrN2O3S/c1-3-26-18-10-5-4-7-15(18)12-23(2)20(25)14-27-13-19(24)22-17-9-6-8-16(21)11-17/h4-11H,3,12-14H2,1-2H3,(H,22,24). The Labute approximate surface area is 172 Å². The summed E-state index contributed by atoms with van der Waals surface area (Å²) in [4.78, 5) is 26.0. The molecule has 0 unspecified atom stereocenters. The second kappa shape index (κ2) is 11.0. The van der Waals surface area contributed by atoms with Crippen molar-refractivity contribution in [3.8, 4) is 5.75 Å². The van der Waals surface area contributed by atoms with Crippen LogP contribution in [0.4, 0.5) is 5.69 Å². The van der Waals surface area contributed by atoms with Gasteiger partial charge in [0.05, 0.1) is 18.1 Å². The molecule has 5 nitrogen and oxygen atoms in total. The van der Waals surface area contributed by atoms with Crippen molar-refractivity contribution in [3.63, 3.8) is 0 Å². The van der Waals surface area contributed by atoms with E-state index in [9.17, 15) is 9.59 Å². The van der Waals surface area contributed by atoms with Crippen LogP contribution in [0.2, 0.25) is 0 Å². The van der Waals surface area contributed by atoms with Crippen LogP contribution in [0.5, 0.6) is 5.75 Å². The third-order valence-electron chi connectivity index (χ3n) is 3.67. The largest absolute Gasteiger partial charge is 0.494 e. The zero-order valence-corrected chi connectivity index (χ0v) is 17.8. The molecule has 0 aliphatic carbocycles. The Hall–Kier alpha value is -1.99. The summed E-state index contributed by atoms with van der Waals surface area (Å²) in [5, 5.41) is 2.82. The molecule has 0 radical (unpaired) electrons. The molecule has 0 bridgehead atoms. The molecule has 144 valence electrons. The van der Waals surface area contributed by atoms with Crippen molar-refractivity contribution in [1.82, 2.24) is 4.90 Å². The predicted molar refractivity (Wildman–Crippen MR) is 114 cm³/mol. The Kier molecular flexibility index (Phi) is 8.67. The van der Waals surface area contributed by atoms with E-state index in [2.05, 4.69) is 21.2 Å². The normalized spacial score (nSPS) is 10.3. The number of halogens is 1. The van der Waals surface area contributed by atoms with Gasteiger partial charge in [-0.15, -0.1) is 11.8 Å². The Morgan fingerprint density at radius 3 is 2.67 bits per heavy atom. The van der Waals surface area contributed by atoms with Gasteiger partial charge in [0.25, 0.3) is 0 Å². The second-order valence-corrected chi connectivity index (χ2v) is 7.74. The van der Waals surface area contributed by atoms with Gasteiger partial charge >= 0.3 is 0 Å². The molecule has 0 atom stereocenters. The van der Waals surface area contributed by atoms with E-state index < -0.39 is 0 Å². The van der Waals surface area contributed by atoms with Crippen LogP contribution in [0, 0.1) is 0 Å². The quantitative estimate of drug-likeness (QED) is 0.622. The van der Waals surface area contributed by atoms with Crippen LogP contribution >= 0.6 is 27.7 Å². The summed E-state index contributed by atoms with van der Waals surface area (Å²) in [7, 11) is 1.76. The molecule has 0 saturated carbocycles. The molecule has 0 saturated heterocycles. The number of benzene rings is 2. The summed E-state index contributed by atoms with van der Waals surface area (Å²) in [5.74, 6) is 1.11. The van der Waals surface area contributed by atoms with Crippen LogP contribution in [-0.4, -0.2) is 41.9 Å². The van der Waals surface area contributed by atoms with E-state index in [-0.39, 0.29) is 23.3 Å². The summed E-state index contributed by atoms with van der Waals surface area (Å²) in [6, 6.07) is 15.1. The Morgan fingerprint density at radius 1 is 1.15 bits per heavy atom. The maximum Gasteiger partial charge on any atom is 0.234 e. The summed E-state index contributed by atoms with van der Waals surface area (Å²) < 4.78 is 6.50. The molecule has 0 heterocycles. The van der Waals surface area contributed by atoms with Crippen molar-refractivity contribution in [3.05, 3.63) is 58.6 Å². The first-order valence-corrected chi connectivity index (χ1v) is 10.5. The fourth-order valence-corrected chi connectivity index (χ4v) is 3.53. The van der Waals surface area contributed by atoms with Gasteiger partial charge in [0.15, 0.2) is 0 Å². The average Bonchev–Trinajstić information content (AvgIpc) is 2.63. The molecule has 0 aliphatic rings. The molecule has 0 fully saturated rings. The van der Waals surface area contributed by atoms with Crippen molar-refractivity contribution < 1.29 is 14.3 Å². The summed E-state index contributed by atoms with van der Waals surface area (Å²) in [6.07, 6.45) is 0. The maximum absolute atomic E-state index is 12.3. The van der Waals surface area contributed by atoms with E-state index in [0.717, 1.165) is 21.5 Å². The monoisotopic (exact) mass is 450 g/mol. The zero-order valence-electron chi connectivity index (χ0n) is 15.4. The minimum Gasteiger partial charge on any atom is -0.494 e. The first kappa shape index (κ1) is 21.3. The van der Waals surface area contributed by atoms with E-state index in [0.29, 0.717) is 13.2 Å². The van der Waals surface area contributed by atoms with Crippen molar-refractivity contribution >= 4 is 45.2 Å². The smallest absolute Gasteiger partial charge is 0.234 e. The lowest BCUT2D eigenvalue weighted by Crippen LogP contribution is -2.28. The lowest BCUT2D eigenvalue weighted by atomic mass is 10.2. The number of thioether (sulfide) groups is 1. The fraction of sp³-hybridized carbons (Fsp3) is 0.300. The number of ether oxygens (including phenoxy) is 1. The minimum absolute atomic E-state index is 0.0263. The van der Waals surface area contributed by atoms with Gasteiger partial charge in [-0.3, -0.25) is 9.59 Å². The first-order valence-electron chi connectivity index (χ1n) is 8.57. The first-order chi connectivity index (χ1) is 13.0. The summed E-state index contributed by atoms with van der Waals surface area (Å²) >= 11 is 4.67. The number of anilines is 1. The van der Waals surface area contributed by atoms with Gasteiger partial charge in [-0.05, 0) is 31.2 Å². The number of carbonyl (C=O) groups is 2. The highest BCUT2D eigenvalue weighted by atomic mass is 79.9. The van der Waals surface area contributed by atoms with Gasteiger partial charge in [0.1, 0.15) is 5.75 Å². The van der Waals surface area contributed by atoms with Crippen LogP contribution in [0.3, 0.4) is 0 Å². The van der Waals surface area contributed by atoms with E-state index >= 15 is 0 Å². The lowest BCUT2D eigenvalue weighted by molar-refractivity contribution is -0.127. The van der Waals surface area contributed by atoms with Crippen LogP contribution in [0.15, 0.2) is 53.0 Å². The minimum atomic E-state index is -0.129. The van der Waals surface area contributed by atoms with Crippen molar-refractivity contribution in [2.75, 3.05) is 30.5 Å². The number of nitrogens with zero attached hydrogens (tertiary/aromatic N) is 1. The average molecular weight is 451 g/mol.